The Hall–Kier alpha value is -2.84. The highest BCUT2D eigenvalue weighted by atomic mass is 16.4. The predicted molar refractivity (Wildman–Crippen MR) is 433 cm³/mol. The molecule has 0 saturated carbocycles. The van der Waals surface area contributed by atoms with Gasteiger partial charge in [0.2, 0.25) is 0 Å². The summed E-state index contributed by atoms with van der Waals surface area (Å²) < 4.78 is 0. The smallest absolute Gasteiger partial charge is 0.303 e. The number of carbonyl (C=O) groups is 4. The van der Waals surface area contributed by atoms with Crippen molar-refractivity contribution in [1.29, 1.82) is 0 Å². The summed E-state index contributed by atoms with van der Waals surface area (Å²) in [5.74, 6) is -2.62. The Morgan fingerprint density at radius 1 is 0.157 bits per heavy atom. The Kier molecular flexibility index (Phi) is 143. The number of unbranched alkanes of at least 4 members (excludes halogenated alkanes) is 48. The third-order valence-corrected chi connectivity index (χ3v) is 16.5. The average Bonchev–Trinajstić information content (AvgIpc) is 2.97. The van der Waals surface area contributed by atoms with Crippen molar-refractivity contribution in [1.82, 2.24) is 0 Å². The molecular formula is C82H176O26. The van der Waals surface area contributed by atoms with E-state index in [-0.39, 0.29) is 79.3 Å². The van der Waals surface area contributed by atoms with E-state index in [4.69, 9.17) is 112 Å². The number of hydrogen-bond donors (Lipinski definition) is 22. The minimum Gasteiger partial charge on any atom is -0.481 e. The number of hydrogen-bond acceptors (Lipinski definition) is 22. The summed E-state index contributed by atoms with van der Waals surface area (Å²) in [6, 6.07) is 0. The first-order valence-electron chi connectivity index (χ1n) is 42.2. The first kappa shape index (κ1) is 126. The van der Waals surface area contributed by atoms with E-state index in [1.165, 1.54) is 283 Å². The van der Waals surface area contributed by atoms with Crippen LogP contribution in [-0.4, -0.2) is 252 Å². The fraction of sp³-hybridized carbons (Fsp3) is 0.951. The van der Waals surface area contributed by atoms with Gasteiger partial charge in [-0.05, 0) is 25.7 Å². The van der Waals surface area contributed by atoms with Crippen molar-refractivity contribution in [3.05, 3.63) is 0 Å². The zero-order chi connectivity index (χ0) is 83.9. The molecule has 26 heteroatoms. The molecule has 22 N–H and O–H groups in total. The molecule has 0 spiro atoms. The van der Waals surface area contributed by atoms with E-state index in [1.54, 1.807) is 0 Å². The van der Waals surface area contributed by atoms with Crippen LogP contribution in [0.25, 0.3) is 0 Å². The number of rotatable bonds is 68. The molecule has 0 aromatic heterocycles. The van der Waals surface area contributed by atoms with Crippen LogP contribution in [0, 0.1) is 0 Å². The second kappa shape index (κ2) is 122. The van der Waals surface area contributed by atoms with Crippen LogP contribution < -0.4 is 0 Å². The number of aliphatic carboxylic acids is 4. The van der Waals surface area contributed by atoms with Gasteiger partial charge in [0, 0.05) is 25.7 Å². The average molecular weight is 1580 g/mol. The van der Waals surface area contributed by atoms with Crippen LogP contribution >= 0.6 is 0 Å². The number of aliphatic hydroxyl groups is 18. The fourth-order valence-electron chi connectivity index (χ4n) is 9.52. The van der Waals surface area contributed by atoms with Gasteiger partial charge in [0.05, 0.1) is 79.3 Å². The zero-order valence-corrected chi connectivity index (χ0v) is 69.0. The van der Waals surface area contributed by atoms with Crippen molar-refractivity contribution < 1.29 is 132 Å². The van der Waals surface area contributed by atoms with Gasteiger partial charge in [0.25, 0.3) is 0 Å². The Morgan fingerprint density at radius 2 is 0.231 bits per heavy atom. The molecule has 0 heterocycles. The molecule has 26 nitrogen and oxygen atoms in total. The number of carboxylic acids is 4. The molecule has 0 aromatic carbocycles. The zero-order valence-electron chi connectivity index (χ0n) is 69.0. The largest absolute Gasteiger partial charge is 0.481 e. The van der Waals surface area contributed by atoms with Crippen LogP contribution in [0.15, 0.2) is 0 Å². The normalized spacial score (nSPS) is 10.5. The van der Waals surface area contributed by atoms with Gasteiger partial charge in [-0.25, -0.2) is 0 Å². The van der Waals surface area contributed by atoms with E-state index in [2.05, 4.69) is 27.7 Å². The monoisotopic (exact) mass is 1580 g/mol. The molecule has 0 aliphatic rings. The molecule has 0 radical (unpaired) electrons. The topological polar surface area (TPSA) is 513 Å². The molecule has 0 atom stereocenters. The van der Waals surface area contributed by atoms with E-state index in [9.17, 15) is 19.2 Å². The second-order valence-corrected chi connectivity index (χ2v) is 27.7. The minimum atomic E-state index is -0.954. The van der Waals surface area contributed by atoms with Crippen molar-refractivity contribution in [2.24, 2.45) is 0 Å². The minimum absolute atomic E-state index is 0.345. The Labute approximate surface area is 655 Å². The second-order valence-electron chi connectivity index (χ2n) is 27.7. The standard InChI is InChI=1S/4C16H32O2.6C3H8O3/c4*1-2-3-4-5-6-7-8-9-10-11-12-13-14-15-16(17)18;6*4-1-3(6)2-5/h4*2-15H2,1H3,(H,17,18);6*3-6H,1-2H2. The lowest BCUT2D eigenvalue weighted by Crippen LogP contribution is -2.15. The Morgan fingerprint density at radius 3 is 0.287 bits per heavy atom. The molecule has 108 heavy (non-hydrogen) atoms. The third kappa shape index (κ3) is 163. The summed E-state index contributed by atoms with van der Waals surface area (Å²) in [7, 11) is 0. The summed E-state index contributed by atoms with van der Waals surface area (Å²) in [6.45, 7) is 4.67. The van der Waals surface area contributed by atoms with Crippen molar-refractivity contribution >= 4 is 23.9 Å². The van der Waals surface area contributed by atoms with E-state index >= 15 is 0 Å². The van der Waals surface area contributed by atoms with Crippen molar-refractivity contribution in [2.45, 2.75) is 424 Å². The molecule has 0 unspecified atom stereocenters. The molecule has 0 aromatic rings. The summed E-state index contributed by atoms with van der Waals surface area (Å²) in [5.41, 5.74) is 0. The van der Waals surface area contributed by atoms with Crippen LogP contribution in [0.1, 0.15) is 387 Å². The highest BCUT2D eigenvalue weighted by Crippen LogP contribution is 2.17. The molecule has 0 bridgehead atoms. The van der Waals surface area contributed by atoms with Gasteiger partial charge < -0.3 is 112 Å². The lowest BCUT2D eigenvalue weighted by molar-refractivity contribution is -0.138. The number of carboxylic acid groups (broad SMARTS) is 4. The van der Waals surface area contributed by atoms with Crippen LogP contribution in [0.4, 0.5) is 0 Å². The molecule has 0 rings (SSSR count). The highest BCUT2D eigenvalue weighted by Gasteiger charge is 2.03. The molecular weight excluding hydrogens is 1400 g/mol. The highest BCUT2D eigenvalue weighted by molar-refractivity contribution is 5.67. The van der Waals surface area contributed by atoms with Crippen molar-refractivity contribution in [3.8, 4) is 0 Å². The van der Waals surface area contributed by atoms with Gasteiger partial charge in [-0.1, -0.05) is 336 Å². The van der Waals surface area contributed by atoms with Gasteiger partial charge in [-0.15, -0.1) is 0 Å². The maximum Gasteiger partial charge on any atom is 0.303 e. The van der Waals surface area contributed by atoms with E-state index in [1.807, 2.05) is 0 Å². The quantitative estimate of drug-likeness (QED) is 0.0251. The summed E-state index contributed by atoms with van der Waals surface area (Å²) in [4.78, 5) is 41.2. The third-order valence-electron chi connectivity index (χ3n) is 16.5. The lowest BCUT2D eigenvalue weighted by atomic mass is 10.0. The Bertz CT molecular complexity index is 1300. The fourth-order valence-corrected chi connectivity index (χ4v) is 9.52. The van der Waals surface area contributed by atoms with Gasteiger partial charge in [0.1, 0.15) is 36.6 Å². The molecule has 0 fully saturated rings. The molecule has 0 saturated heterocycles. The van der Waals surface area contributed by atoms with Crippen LogP contribution in [-0.2, 0) is 19.2 Å². The van der Waals surface area contributed by atoms with Crippen LogP contribution in [0.3, 0.4) is 0 Å². The maximum absolute atomic E-state index is 10.3. The first-order valence-corrected chi connectivity index (χ1v) is 42.2. The van der Waals surface area contributed by atoms with E-state index in [0.717, 1.165) is 51.4 Å². The summed E-state index contributed by atoms with van der Waals surface area (Å²) in [5, 5.41) is 178. The van der Waals surface area contributed by atoms with Crippen molar-refractivity contribution in [2.75, 3.05) is 79.3 Å². The van der Waals surface area contributed by atoms with Crippen LogP contribution in [0.5, 0.6) is 0 Å². The number of aliphatic hydroxyl groups excluding tert-OH is 18. The van der Waals surface area contributed by atoms with E-state index < -0.39 is 60.5 Å². The molecule has 0 aliphatic heterocycles. The summed E-state index contributed by atoms with van der Waals surface area (Å²) in [6.07, 6.45) is 63.4. The van der Waals surface area contributed by atoms with Gasteiger partial charge in [-0.3, -0.25) is 19.2 Å². The summed E-state index contributed by atoms with van der Waals surface area (Å²) >= 11 is 0. The van der Waals surface area contributed by atoms with Gasteiger partial charge >= 0.3 is 23.9 Å². The van der Waals surface area contributed by atoms with Gasteiger partial charge in [-0.2, -0.15) is 0 Å². The molecule has 0 aliphatic carbocycles. The van der Waals surface area contributed by atoms with Crippen LogP contribution in [0.2, 0.25) is 0 Å². The SMILES string of the molecule is CCCCCCCCCCCCCCCC(=O)O.CCCCCCCCCCCCCCCC(=O)O.CCCCCCCCCCCCCCCC(=O)O.CCCCCCCCCCCCCCCC(=O)O.OCC(O)CO.OCC(O)CO.OCC(O)CO.OCC(O)CO.OCC(O)CO.OCC(O)CO. The molecule has 660 valence electrons. The predicted octanol–water partition coefficient (Wildman–Crippen LogP) is 12.2. The first-order chi connectivity index (χ1) is 51.9. The Balaban J connectivity index is -0.000000129. The lowest BCUT2D eigenvalue weighted by Gasteiger charge is -2.02. The molecule has 0 amide bonds. The maximum atomic E-state index is 10.3. The van der Waals surface area contributed by atoms with Crippen molar-refractivity contribution in [3.63, 3.8) is 0 Å². The van der Waals surface area contributed by atoms with E-state index in [0.29, 0.717) is 25.7 Å². The van der Waals surface area contributed by atoms with Gasteiger partial charge in [0.15, 0.2) is 0 Å².